The molecule has 4 aromatic carbocycles. The molecule has 4 aliphatic heterocycles. The third-order valence-corrected chi connectivity index (χ3v) is 18.6. The average Bonchev–Trinajstić information content (AvgIpc) is 2.96. The van der Waals surface area contributed by atoms with Gasteiger partial charge in [-0.3, -0.25) is 0 Å². The molecule has 0 spiro atoms. The molecule has 4 aliphatic rings. The minimum absolute atomic E-state index is 0.129. The zero-order valence-corrected chi connectivity index (χ0v) is 25.4. The Balaban J connectivity index is 1.58. The molecular weight excluding hydrogens is 567 g/mol. The number of anilines is 3. The molecule has 4 aromatic rings. The first-order valence-corrected chi connectivity index (χ1v) is 18.6. The molecule has 202 valence electrons. The quantitative estimate of drug-likeness (QED) is 0.295. The van der Waals surface area contributed by atoms with E-state index in [1.54, 1.807) is 21.3 Å². The van der Waals surface area contributed by atoms with Crippen LogP contribution in [0.5, 0.6) is 40.2 Å². The number of nitrogens with zero attached hydrogens (tertiary/aromatic N) is 1. The standard InChI is InChI=1S/C32H29GeNO6/c1-32(2)19-12-17(36-4)7-8-21(19)34-22-9-10-23(38-6)31-26(22)33(3)27-24(13-18(37-5)14-25(27)40-31)39-30-16(15-35)11-20(32)29(34)28(30)33/h7-14,35H,15H2,1-6H3. The molecular formula is C32H29GeNO6. The zero-order chi connectivity index (χ0) is 27.7. The van der Waals surface area contributed by atoms with Crippen LogP contribution in [0.2, 0.25) is 5.76 Å². The van der Waals surface area contributed by atoms with Crippen molar-refractivity contribution >= 4 is 43.5 Å². The second-order valence-corrected chi connectivity index (χ2v) is 19.3. The van der Waals surface area contributed by atoms with Crippen LogP contribution in [0.1, 0.15) is 30.5 Å². The first-order chi connectivity index (χ1) is 19.3. The van der Waals surface area contributed by atoms with Crippen LogP contribution in [0, 0.1) is 0 Å². The van der Waals surface area contributed by atoms with Crippen molar-refractivity contribution in [3.63, 3.8) is 0 Å². The van der Waals surface area contributed by atoms with E-state index in [0.29, 0.717) is 11.5 Å². The van der Waals surface area contributed by atoms with Crippen LogP contribution in [-0.4, -0.2) is 39.7 Å². The molecule has 0 radical (unpaired) electrons. The van der Waals surface area contributed by atoms with Gasteiger partial charge in [0.25, 0.3) is 0 Å². The van der Waals surface area contributed by atoms with Gasteiger partial charge in [0.1, 0.15) is 0 Å². The van der Waals surface area contributed by atoms with Gasteiger partial charge in [-0.2, -0.15) is 0 Å². The fourth-order valence-corrected chi connectivity index (χ4v) is 17.3. The Labute approximate surface area is 235 Å². The van der Waals surface area contributed by atoms with E-state index in [-0.39, 0.29) is 12.0 Å². The number of hydrogen-bond donors (Lipinski definition) is 1. The van der Waals surface area contributed by atoms with E-state index in [2.05, 4.69) is 48.8 Å². The van der Waals surface area contributed by atoms with Gasteiger partial charge < -0.3 is 0 Å². The van der Waals surface area contributed by atoms with Crippen LogP contribution in [0.15, 0.2) is 48.5 Å². The van der Waals surface area contributed by atoms with Gasteiger partial charge in [-0.1, -0.05) is 0 Å². The number of ether oxygens (including phenoxy) is 5. The number of methoxy groups -OCH3 is 3. The number of fused-ring (bicyclic) bond motifs is 3. The summed E-state index contributed by atoms with van der Waals surface area (Å²) < 4.78 is 34.2. The molecule has 0 aliphatic carbocycles. The Morgan fingerprint density at radius 3 is 2.15 bits per heavy atom. The van der Waals surface area contributed by atoms with Gasteiger partial charge in [-0.25, -0.2) is 0 Å². The third kappa shape index (κ3) is 2.61. The Morgan fingerprint density at radius 1 is 0.775 bits per heavy atom. The normalized spacial score (nSPS) is 19.1. The summed E-state index contributed by atoms with van der Waals surface area (Å²) >= 11 is -3.50. The van der Waals surface area contributed by atoms with Crippen molar-refractivity contribution in [2.24, 2.45) is 0 Å². The van der Waals surface area contributed by atoms with Gasteiger partial charge >= 0.3 is 236 Å². The SMILES string of the molecule is COc1cc2[c]3c(c1)Oc1c(CO)cc4c5[c]1[Ge]3([CH3])[c]1c(ccc(OC)c1O2)N5c1ccc(OC)cc1C4(C)C. The van der Waals surface area contributed by atoms with Crippen LogP contribution in [0.4, 0.5) is 17.1 Å². The summed E-state index contributed by atoms with van der Waals surface area (Å²) in [4.78, 5) is 2.37. The van der Waals surface area contributed by atoms with Crippen LogP contribution < -0.4 is 41.8 Å². The summed E-state index contributed by atoms with van der Waals surface area (Å²) in [6.07, 6.45) is 0. The van der Waals surface area contributed by atoms with E-state index < -0.39 is 13.3 Å². The summed E-state index contributed by atoms with van der Waals surface area (Å²) in [5.74, 6) is 7.60. The summed E-state index contributed by atoms with van der Waals surface area (Å²) in [7, 11) is 5.03. The van der Waals surface area contributed by atoms with Gasteiger partial charge in [0.2, 0.25) is 0 Å². The Kier molecular flexibility index (Phi) is 4.61. The number of aliphatic hydroxyl groups excluding tert-OH is 1. The summed E-state index contributed by atoms with van der Waals surface area (Å²) in [5, 5.41) is 10.7. The van der Waals surface area contributed by atoms with E-state index in [1.807, 2.05) is 24.3 Å². The van der Waals surface area contributed by atoms with Gasteiger partial charge in [-0.15, -0.1) is 0 Å². The summed E-state index contributed by atoms with van der Waals surface area (Å²) in [6, 6.07) is 16.5. The van der Waals surface area contributed by atoms with Crippen molar-refractivity contribution in [2.75, 3.05) is 26.2 Å². The minimum atomic E-state index is -3.50. The maximum absolute atomic E-state index is 10.7. The van der Waals surface area contributed by atoms with Crippen LogP contribution in [0.3, 0.4) is 0 Å². The van der Waals surface area contributed by atoms with Crippen molar-refractivity contribution in [3.05, 3.63) is 65.2 Å². The first-order valence-electron chi connectivity index (χ1n) is 13.4. The maximum atomic E-state index is 10.7. The topological polar surface area (TPSA) is 69.6 Å². The van der Waals surface area contributed by atoms with Crippen molar-refractivity contribution in [1.29, 1.82) is 0 Å². The number of hydrogen-bond acceptors (Lipinski definition) is 7. The van der Waals surface area contributed by atoms with Crippen molar-refractivity contribution in [2.45, 2.75) is 31.6 Å². The third-order valence-electron chi connectivity index (χ3n) is 9.27. The molecule has 4 heterocycles. The predicted octanol–water partition coefficient (Wildman–Crippen LogP) is 4.94. The molecule has 8 rings (SSSR count). The second kappa shape index (κ2) is 7.68. The predicted molar refractivity (Wildman–Crippen MR) is 156 cm³/mol. The number of rotatable bonds is 4. The average molecular weight is 596 g/mol. The first kappa shape index (κ1) is 24.0. The summed E-state index contributed by atoms with van der Waals surface area (Å²) in [5.41, 5.74) is 6.12. The Hall–Kier alpha value is -3.82. The van der Waals surface area contributed by atoms with Crippen LogP contribution in [-0.2, 0) is 12.0 Å². The molecule has 1 atom stereocenters. The molecule has 0 bridgehead atoms. The van der Waals surface area contributed by atoms with Crippen LogP contribution in [0.25, 0.3) is 0 Å². The zero-order valence-electron chi connectivity index (χ0n) is 23.3. The molecule has 40 heavy (non-hydrogen) atoms. The Bertz CT molecular complexity index is 1800. The van der Waals surface area contributed by atoms with E-state index in [0.717, 1.165) is 61.3 Å². The molecule has 7 nitrogen and oxygen atoms in total. The number of benzene rings is 4. The second-order valence-electron chi connectivity index (χ2n) is 11.5. The molecule has 1 N–H and O–H groups in total. The summed E-state index contributed by atoms with van der Waals surface area (Å²) in [6.45, 7) is 4.38. The van der Waals surface area contributed by atoms with Crippen molar-refractivity contribution in [3.8, 4) is 40.2 Å². The molecule has 0 aromatic heterocycles. The van der Waals surface area contributed by atoms with Gasteiger partial charge in [0.15, 0.2) is 0 Å². The molecule has 0 saturated carbocycles. The van der Waals surface area contributed by atoms with Gasteiger partial charge in [-0.05, 0) is 0 Å². The molecule has 8 heteroatoms. The van der Waals surface area contributed by atoms with Crippen molar-refractivity contribution < 1.29 is 28.8 Å². The molecule has 1 unspecified atom stereocenters. The Morgan fingerprint density at radius 2 is 1.48 bits per heavy atom. The van der Waals surface area contributed by atoms with Gasteiger partial charge in [0.05, 0.1) is 0 Å². The van der Waals surface area contributed by atoms with E-state index >= 15 is 0 Å². The molecule has 0 saturated heterocycles. The monoisotopic (exact) mass is 597 g/mol. The van der Waals surface area contributed by atoms with Crippen molar-refractivity contribution in [1.82, 2.24) is 0 Å². The fourth-order valence-electron chi connectivity index (χ4n) is 7.39. The number of aliphatic hydroxyl groups is 1. The molecule has 0 fully saturated rings. The molecule has 0 amide bonds. The van der Waals surface area contributed by atoms with Crippen LogP contribution >= 0.6 is 0 Å². The van der Waals surface area contributed by atoms with Gasteiger partial charge in [0, 0.05) is 0 Å². The van der Waals surface area contributed by atoms with E-state index in [1.165, 1.54) is 14.4 Å². The van der Waals surface area contributed by atoms with E-state index in [9.17, 15) is 5.11 Å². The fraction of sp³-hybridized carbons (Fsp3) is 0.250. The van der Waals surface area contributed by atoms with E-state index in [4.69, 9.17) is 23.7 Å².